The summed E-state index contributed by atoms with van der Waals surface area (Å²) in [4.78, 5) is 42.0. The van der Waals surface area contributed by atoms with Crippen LogP contribution in [-0.2, 0) is 20.1 Å². The summed E-state index contributed by atoms with van der Waals surface area (Å²) < 4.78 is 37.2. The van der Waals surface area contributed by atoms with E-state index in [0.29, 0.717) is 11.3 Å². The fourth-order valence-corrected chi connectivity index (χ4v) is 4.29. The molecule has 1 aliphatic heterocycles. The van der Waals surface area contributed by atoms with Crippen LogP contribution in [0.25, 0.3) is 22.1 Å². The van der Waals surface area contributed by atoms with Gasteiger partial charge < -0.3 is 10.6 Å². The minimum absolute atomic E-state index is 0.00390. The normalized spacial score (nSPS) is 20.6. The van der Waals surface area contributed by atoms with Gasteiger partial charge in [-0.3, -0.25) is 18.5 Å². The largest absolute Gasteiger partial charge is 0.341 e. The van der Waals surface area contributed by atoms with E-state index in [1.165, 1.54) is 21.1 Å². The van der Waals surface area contributed by atoms with Crippen LogP contribution in [0.1, 0.15) is 36.7 Å². The number of nitrogens with zero attached hydrogens (tertiary/aromatic N) is 7. The molecule has 0 amide bonds. The zero-order valence-electron chi connectivity index (χ0n) is 23.7. The van der Waals surface area contributed by atoms with E-state index in [-0.39, 0.29) is 43.2 Å². The maximum Gasteiger partial charge on any atom is 0.332 e. The second kappa shape index (κ2) is 9.00. The Morgan fingerprint density at radius 1 is 1.20 bits per heavy atom. The van der Waals surface area contributed by atoms with Crippen molar-refractivity contribution in [3.8, 4) is 11.8 Å². The first-order chi connectivity index (χ1) is 18.4. The van der Waals surface area contributed by atoms with Gasteiger partial charge in [-0.25, -0.2) is 14.8 Å². The Hall–Kier alpha value is -3.97. The van der Waals surface area contributed by atoms with Gasteiger partial charge in [-0.05, 0) is 32.7 Å². The van der Waals surface area contributed by atoms with Crippen molar-refractivity contribution >= 4 is 28.0 Å². The molecule has 0 radical (unpaired) electrons. The smallest absolute Gasteiger partial charge is 0.332 e. The molecular weight excluding hydrogens is 444 g/mol. The molecule has 1 fully saturated rings. The molecule has 0 aliphatic carbocycles. The van der Waals surface area contributed by atoms with E-state index in [9.17, 15) is 9.59 Å². The van der Waals surface area contributed by atoms with E-state index in [1.54, 1.807) is 6.92 Å². The average Bonchev–Trinajstić information content (AvgIpc) is 3.26. The monoisotopic (exact) mass is 476 g/mol. The third-order valence-electron chi connectivity index (χ3n) is 6.00. The highest BCUT2D eigenvalue weighted by molar-refractivity contribution is 5.80. The number of benzene rings is 1. The van der Waals surface area contributed by atoms with E-state index in [4.69, 9.17) is 11.2 Å². The highest BCUT2D eigenvalue weighted by Gasteiger charge is 2.26. The average molecular weight is 477 g/mol. The molecule has 0 bridgehead atoms. The summed E-state index contributed by atoms with van der Waals surface area (Å²) in [6.07, 6.45) is -1.98. The predicted molar refractivity (Wildman–Crippen MR) is 135 cm³/mol. The summed E-state index contributed by atoms with van der Waals surface area (Å²) in [6, 6.07) is 5.99. The minimum atomic E-state index is -2.32. The van der Waals surface area contributed by atoms with Crippen LogP contribution >= 0.6 is 0 Å². The Kier molecular flexibility index (Phi) is 4.72. The summed E-state index contributed by atoms with van der Waals surface area (Å²) in [7, 11) is 1.48. The van der Waals surface area contributed by atoms with Crippen LogP contribution in [0.2, 0.25) is 0 Å². The second-order valence-electron chi connectivity index (χ2n) is 8.28. The minimum Gasteiger partial charge on any atom is -0.341 e. The van der Waals surface area contributed by atoms with Crippen molar-refractivity contribution in [1.82, 2.24) is 28.7 Å². The first-order valence-corrected chi connectivity index (χ1v) is 11.2. The van der Waals surface area contributed by atoms with Crippen molar-refractivity contribution in [2.24, 2.45) is 12.8 Å². The van der Waals surface area contributed by atoms with Crippen LogP contribution in [0, 0.1) is 18.8 Å². The molecule has 0 spiro atoms. The number of nitrogens with two attached hydrogens (primary N) is 1. The number of piperidine rings is 1. The molecule has 3 aromatic heterocycles. The van der Waals surface area contributed by atoms with Gasteiger partial charge in [0.15, 0.2) is 11.2 Å². The number of aryl methyl sites for hydroxylation is 2. The van der Waals surface area contributed by atoms with Gasteiger partial charge in [0.1, 0.15) is 5.82 Å². The number of hydrogen-bond donors (Lipinski definition) is 1. The molecule has 35 heavy (non-hydrogen) atoms. The van der Waals surface area contributed by atoms with Gasteiger partial charge in [0.05, 0.1) is 21.3 Å². The van der Waals surface area contributed by atoms with Crippen LogP contribution in [0.4, 0.5) is 5.95 Å². The summed E-state index contributed by atoms with van der Waals surface area (Å²) in [5.41, 5.74) is 6.28. The Morgan fingerprint density at radius 2 is 2.00 bits per heavy atom. The summed E-state index contributed by atoms with van der Waals surface area (Å²) >= 11 is 0. The Morgan fingerprint density at radius 3 is 2.80 bits per heavy atom. The first kappa shape index (κ1) is 18.4. The maximum absolute atomic E-state index is 13.9. The lowest BCUT2D eigenvalue weighted by Crippen LogP contribution is -2.44. The van der Waals surface area contributed by atoms with Crippen molar-refractivity contribution in [2.45, 2.75) is 45.8 Å². The number of rotatable bonds is 4. The van der Waals surface area contributed by atoms with E-state index < -0.39 is 30.2 Å². The molecule has 0 unspecified atom stereocenters. The van der Waals surface area contributed by atoms with E-state index in [0.717, 1.165) is 15.6 Å². The number of para-hydroxylation sites is 1. The highest BCUT2D eigenvalue weighted by atomic mass is 16.2. The number of fused-ring (bicyclic) bond motifs is 2. The van der Waals surface area contributed by atoms with Crippen molar-refractivity contribution in [1.29, 1.82) is 0 Å². The van der Waals surface area contributed by atoms with Gasteiger partial charge in [0, 0.05) is 40.0 Å². The van der Waals surface area contributed by atoms with Crippen molar-refractivity contribution in [3.63, 3.8) is 0 Å². The predicted octanol–water partition coefficient (Wildman–Crippen LogP) is 1.15. The zero-order valence-corrected chi connectivity index (χ0v) is 19.7. The van der Waals surface area contributed by atoms with E-state index >= 15 is 0 Å². The van der Waals surface area contributed by atoms with E-state index in [1.807, 2.05) is 31.2 Å². The molecular formula is C25H28N8O2. The lowest BCUT2D eigenvalue weighted by molar-refractivity contribution is 0.496. The Balaban J connectivity index is 1.71. The molecule has 10 nitrogen and oxygen atoms in total. The fraction of sp³-hybridized carbons (Fsp3) is 0.400. The lowest BCUT2D eigenvalue weighted by Gasteiger charge is -2.31. The van der Waals surface area contributed by atoms with Crippen LogP contribution in [-0.4, -0.2) is 47.7 Å². The second-order valence-corrected chi connectivity index (χ2v) is 8.28. The maximum atomic E-state index is 13.9. The Labute approximate surface area is 207 Å². The van der Waals surface area contributed by atoms with Crippen molar-refractivity contribution in [3.05, 3.63) is 56.6 Å². The van der Waals surface area contributed by atoms with Crippen molar-refractivity contribution < 1.29 is 5.48 Å². The number of anilines is 1. The molecule has 10 heteroatoms. The molecule has 1 aromatic carbocycles. The quantitative estimate of drug-likeness (QED) is 0.439. The molecule has 5 rings (SSSR count). The zero-order chi connectivity index (χ0) is 28.3. The summed E-state index contributed by atoms with van der Waals surface area (Å²) in [6.45, 7) is 0.926. The van der Waals surface area contributed by atoms with Gasteiger partial charge in [0.25, 0.3) is 5.56 Å². The third kappa shape index (κ3) is 3.98. The Bertz CT molecular complexity index is 1800. The van der Waals surface area contributed by atoms with Crippen LogP contribution in [0.5, 0.6) is 0 Å². The molecule has 1 atom stereocenters. The standard InChI is InChI=1S/C25H28N8O2/c1-4-5-13-32-21-22(29-24(32)31-12-8-9-17(26)14-31)30(3)25(35)33(23(21)34)15-20-27-16(2)18-10-6-7-11-19(18)28-20/h6-7,10-11,17H,8-9,12-15,26H2,1-3H3/t17-/m1/s1/i9D2,14D2. The van der Waals surface area contributed by atoms with Gasteiger partial charge >= 0.3 is 5.69 Å². The van der Waals surface area contributed by atoms with Crippen LogP contribution in [0.15, 0.2) is 33.9 Å². The summed E-state index contributed by atoms with van der Waals surface area (Å²) in [5, 5.41) is 0.871. The molecule has 180 valence electrons. The summed E-state index contributed by atoms with van der Waals surface area (Å²) in [5.74, 6) is 6.01. The van der Waals surface area contributed by atoms with Gasteiger partial charge in [0.2, 0.25) is 5.95 Å². The topological polar surface area (TPSA) is 117 Å². The number of hydrogen-bond acceptors (Lipinski definition) is 7. The molecule has 1 saturated heterocycles. The van der Waals surface area contributed by atoms with Gasteiger partial charge in [-0.1, -0.05) is 24.1 Å². The van der Waals surface area contributed by atoms with Crippen LogP contribution in [0.3, 0.4) is 0 Å². The van der Waals surface area contributed by atoms with Crippen LogP contribution < -0.4 is 21.9 Å². The first-order valence-electron chi connectivity index (χ1n) is 13.2. The van der Waals surface area contributed by atoms with E-state index in [2.05, 4.69) is 26.8 Å². The number of aromatic nitrogens is 6. The highest BCUT2D eigenvalue weighted by Crippen LogP contribution is 2.23. The van der Waals surface area contributed by atoms with Crippen molar-refractivity contribution in [2.75, 3.05) is 17.9 Å². The van der Waals surface area contributed by atoms with Gasteiger partial charge in [-0.15, -0.1) is 5.92 Å². The molecule has 0 saturated carbocycles. The molecule has 1 aliphatic rings. The molecule has 2 N–H and O–H groups in total. The third-order valence-corrected chi connectivity index (χ3v) is 6.00. The fourth-order valence-electron chi connectivity index (χ4n) is 4.29. The molecule has 4 heterocycles. The van der Waals surface area contributed by atoms with Gasteiger partial charge in [-0.2, -0.15) is 4.98 Å². The SMILES string of the molecule is [2H]C1([2H])CCN(c2nc3c(c(=O)n(Cc4nc(C)c5ccccc5n4)c(=O)n3C)n2CC#CC)C([2H])([2H])[C@@H]1N. The lowest BCUT2D eigenvalue weighted by atomic mass is 10.1. The number of imidazole rings is 1. The molecule has 4 aromatic rings.